The number of hydrogen-bond donors (Lipinski definition) is 3. The molecule has 0 spiro atoms. The maximum Gasteiger partial charge on any atom is 0.441 e. The van der Waals surface area contributed by atoms with Crippen LogP contribution in [0.25, 0.3) is 0 Å². The Bertz CT molecular complexity index is 83.9. The van der Waals surface area contributed by atoms with E-state index in [4.69, 9.17) is 5.84 Å². The van der Waals surface area contributed by atoms with Crippen molar-refractivity contribution in [3.05, 3.63) is 0 Å². The minimum atomic E-state index is -0.796. The van der Waals surface area contributed by atoms with Gasteiger partial charge in [-0.3, -0.25) is 5.43 Å². The van der Waals surface area contributed by atoms with Gasteiger partial charge in [-0.2, -0.15) is 0 Å². The van der Waals surface area contributed by atoms with Crippen LogP contribution < -0.4 is 17.1 Å². The van der Waals surface area contributed by atoms with Crippen molar-refractivity contribution >= 4 is 6.09 Å². The van der Waals surface area contributed by atoms with Gasteiger partial charge in [0, 0.05) is 7.05 Å². The number of hydrazine groups is 2. The topological polar surface area (TPSA) is 125 Å². The molecule has 1 amide bonds. The van der Waals surface area contributed by atoms with Crippen molar-refractivity contribution in [2.75, 3.05) is 7.05 Å². The molecule has 0 fully saturated rings. The molecule has 0 heterocycles. The van der Waals surface area contributed by atoms with Gasteiger partial charge < -0.3 is 10.3 Å². The van der Waals surface area contributed by atoms with E-state index in [1.165, 1.54) is 7.05 Å². The molecule has 56 valence electrons. The number of nitrogens with two attached hydrogens (primary N) is 2. The Morgan fingerprint density at radius 1 is 1.78 bits per heavy atom. The fourth-order valence-electron chi connectivity index (χ4n) is 0.157. The summed E-state index contributed by atoms with van der Waals surface area (Å²) in [4.78, 5) is 14.2. The predicted molar refractivity (Wildman–Crippen MR) is 29.4 cm³/mol. The molecule has 0 rings (SSSR count). The molecule has 7 nitrogen and oxygen atoms in total. The summed E-state index contributed by atoms with van der Waals surface area (Å²) in [6.45, 7) is 0. The van der Waals surface area contributed by atoms with Crippen molar-refractivity contribution in [1.82, 2.24) is 10.6 Å². The summed E-state index contributed by atoms with van der Waals surface area (Å²) in [5.41, 5.74) is 1.71. The van der Waals surface area contributed by atoms with E-state index in [0.717, 1.165) is 5.17 Å². The van der Waals surface area contributed by atoms with Crippen LogP contribution in [-0.2, 0) is 4.84 Å². The molecule has 0 aliphatic heterocycles. The Morgan fingerprint density at radius 3 is 2.33 bits per heavy atom. The molecule has 0 atom stereocenters. The highest BCUT2D eigenvalue weighted by molar-refractivity contribution is 5.65. The highest BCUT2D eigenvalue weighted by Gasteiger charge is 1.97. The van der Waals surface area contributed by atoms with Gasteiger partial charge >= 0.3 is 6.09 Å². The van der Waals surface area contributed by atoms with Gasteiger partial charge in [0.2, 0.25) is 0 Å². The number of carbonyl (C=O) groups excluding carboxylic acids is 1. The van der Waals surface area contributed by atoms with E-state index >= 15 is 0 Å². The van der Waals surface area contributed by atoms with Crippen molar-refractivity contribution in [2.24, 2.45) is 11.7 Å². The van der Waals surface area contributed by atoms with E-state index in [-0.39, 0.29) is 5.48 Å². The van der Waals surface area contributed by atoms with Gasteiger partial charge in [-0.15, -0.1) is 0 Å². The summed E-state index contributed by atoms with van der Waals surface area (Å²) in [6.07, 6.45) is -0.796. The third kappa shape index (κ3) is 7.11. The second kappa shape index (κ2) is 5.25. The minimum absolute atomic E-state index is 0. The molecule has 0 aromatic carbocycles. The van der Waals surface area contributed by atoms with Crippen molar-refractivity contribution < 1.29 is 15.1 Å². The SMILES string of the molecule is CN(N)OC(=O)NN.O. The molecular formula is C2H10N4O3. The smallest absolute Gasteiger partial charge is 0.412 e. The van der Waals surface area contributed by atoms with Crippen molar-refractivity contribution in [2.45, 2.75) is 0 Å². The quantitative estimate of drug-likeness (QED) is 0.209. The third-order valence-electron chi connectivity index (χ3n) is 0.345. The van der Waals surface area contributed by atoms with E-state index in [1.54, 1.807) is 5.43 Å². The molecule has 0 radical (unpaired) electrons. The van der Waals surface area contributed by atoms with Gasteiger partial charge in [0.25, 0.3) is 0 Å². The highest BCUT2D eigenvalue weighted by atomic mass is 16.7. The molecule has 0 unspecified atom stereocenters. The summed E-state index contributed by atoms with van der Waals surface area (Å²) in [5.74, 6) is 9.48. The summed E-state index contributed by atoms with van der Waals surface area (Å²) in [5, 5.41) is 0.738. The average molecular weight is 138 g/mol. The lowest BCUT2D eigenvalue weighted by Crippen LogP contribution is -2.38. The van der Waals surface area contributed by atoms with E-state index in [9.17, 15) is 4.79 Å². The standard InChI is InChI=1S/C2H8N4O2.H2O/c1-6(4)8-2(7)5-3;/h3-4H2,1H3,(H,5,7);1H2. The zero-order valence-electron chi connectivity index (χ0n) is 4.92. The van der Waals surface area contributed by atoms with Crippen LogP contribution in [0.5, 0.6) is 0 Å². The van der Waals surface area contributed by atoms with Crippen LogP contribution in [0.1, 0.15) is 0 Å². The van der Waals surface area contributed by atoms with Crippen LogP contribution in [0.15, 0.2) is 0 Å². The zero-order chi connectivity index (χ0) is 6.57. The first-order chi connectivity index (χ1) is 3.66. The predicted octanol–water partition coefficient (Wildman–Crippen LogP) is -2.52. The lowest BCUT2D eigenvalue weighted by molar-refractivity contribution is -0.0792. The van der Waals surface area contributed by atoms with Crippen molar-refractivity contribution in [1.29, 1.82) is 0 Å². The zero-order valence-corrected chi connectivity index (χ0v) is 4.92. The largest absolute Gasteiger partial charge is 0.441 e. The number of nitrogens with one attached hydrogen (secondary N) is 1. The van der Waals surface area contributed by atoms with Gasteiger partial charge in [0.05, 0.1) is 0 Å². The Labute approximate surface area is 51.7 Å². The summed E-state index contributed by atoms with van der Waals surface area (Å²) < 4.78 is 0. The normalized spacial score (nSPS) is 8.00. The maximum absolute atomic E-state index is 10.0. The number of rotatable bonds is 1. The molecule has 9 heavy (non-hydrogen) atoms. The van der Waals surface area contributed by atoms with Gasteiger partial charge in [-0.05, 0) is 0 Å². The molecular weight excluding hydrogens is 128 g/mol. The van der Waals surface area contributed by atoms with E-state index < -0.39 is 6.09 Å². The van der Waals surface area contributed by atoms with Crippen LogP contribution in [0.2, 0.25) is 0 Å². The first-order valence-electron chi connectivity index (χ1n) is 1.83. The molecule has 0 aliphatic rings. The Balaban J connectivity index is 0. The van der Waals surface area contributed by atoms with Gasteiger partial charge in [0.15, 0.2) is 0 Å². The number of carbonyl (C=O) groups is 1. The Morgan fingerprint density at radius 2 is 2.22 bits per heavy atom. The van der Waals surface area contributed by atoms with E-state index in [1.807, 2.05) is 0 Å². The van der Waals surface area contributed by atoms with Crippen LogP contribution in [0, 0.1) is 0 Å². The van der Waals surface area contributed by atoms with Crippen LogP contribution in [0.4, 0.5) is 4.79 Å². The van der Waals surface area contributed by atoms with Gasteiger partial charge in [0.1, 0.15) is 0 Å². The fraction of sp³-hybridized carbons (Fsp3) is 0.500. The van der Waals surface area contributed by atoms with Crippen molar-refractivity contribution in [3.8, 4) is 0 Å². The molecule has 0 aromatic rings. The first-order valence-corrected chi connectivity index (χ1v) is 1.83. The number of hydroxylamine groups is 1. The maximum atomic E-state index is 10.0. The second-order valence-corrected chi connectivity index (χ2v) is 1.07. The number of nitrogens with zero attached hydrogens (tertiary/aromatic N) is 1. The van der Waals surface area contributed by atoms with E-state index in [2.05, 4.69) is 10.7 Å². The van der Waals surface area contributed by atoms with Gasteiger partial charge in [-0.25, -0.2) is 16.5 Å². The molecule has 7 N–H and O–H groups in total. The third-order valence-corrected chi connectivity index (χ3v) is 0.345. The second-order valence-electron chi connectivity index (χ2n) is 1.07. The van der Waals surface area contributed by atoms with Crippen LogP contribution >= 0.6 is 0 Å². The van der Waals surface area contributed by atoms with Crippen LogP contribution in [0.3, 0.4) is 0 Å². The number of hydrogen-bond acceptors (Lipinski definition) is 5. The van der Waals surface area contributed by atoms with E-state index in [0.29, 0.717) is 0 Å². The lowest BCUT2D eigenvalue weighted by Gasteiger charge is -2.06. The molecule has 0 saturated heterocycles. The summed E-state index contributed by atoms with van der Waals surface area (Å²) in [7, 11) is 1.36. The molecule has 7 heteroatoms. The van der Waals surface area contributed by atoms with Gasteiger partial charge in [-0.1, -0.05) is 5.17 Å². The average Bonchev–Trinajstić information content (AvgIpc) is 1.65. The fourth-order valence-corrected chi connectivity index (χ4v) is 0.157. The van der Waals surface area contributed by atoms with Crippen LogP contribution in [-0.4, -0.2) is 23.8 Å². The molecule has 0 aromatic heterocycles. The first kappa shape index (κ1) is 11.0. The summed E-state index contributed by atoms with van der Waals surface area (Å²) in [6, 6.07) is 0. The minimum Gasteiger partial charge on any atom is -0.412 e. The molecule has 0 saturated carbocycles. The lowest BCUT2D eigenvalue weighted by atomic mass is 11.2. The molecule has 0 aliphatic carbocycles. The highest BCUT2D eigenvalue weighted by Crippen LogP contribution is 1.72. The van der Waals surface area contributed by atoms with Crippen molar-refractivity contribution in [3.63, 3.8) is 0 Å². The molecule has 0 bridgehead atoms. The Hall–Kier alpha value is -0.890. The Kier molecular flexibility index (Phi) is 6.41. The summed E-state index contributed by atoms with van der Waals surface area (Å²) >= 11 is 0. The number of amides is 1. The monoisotopic (exact) mass is 138 g/mol.